The Labute approximate surface area is 195 Å². The van der Waals surface area contributed by atoms with E-state index in [1.807, 2.05) is 4.72 Å². The minimum Gasteiger partial charge on any atom is -0.473 e. The smallest absolute Gasteiger partial charge is 0.407 e. The number of carbonyl (C=O) groups excluding carboxylic acids is 2. The molecular formula is C21H24FN5O6S. The molecule has 3 amide bonds. The van der Waals surface area contributed by atoms with E-state index in [1.165, 1.54) is 11.7 Å². The highest BCUT2D eigenvalue weighted by molar-refractivity contribution is 7.90. The molecule has 2 aliphatic carbocycles. The molecule has 3 aliphatic rings. The van der Waals surface area contributed by atoms with Crippen LogP contribution in [0.5, 0.6) is 5.88 Å². The van der Waals surface area contributed by atoms with Gasteiger partial charge in [0.2, 0.25) is 5.88 Å². The van der Waals surface area contributed by atoms with Crippen molar-refractivity contribution in [1.82, 2.24) is 19.8 Å². The van der Waals surface area contributed by atoms with E-state index >= 15 is 0 Å². The predicted octanol–water partition coefficient (Wildman–Crippen LogP) is 1.63. The number of amides is 3. The van der Waals surface area contributed by atoms with Gasteiger partial charge in [0.1, 0.15) is 12.4 Å². The standard InChI is InChI=1S/C21H24FN5O6S/c1-23-21(29)33-11-9-27-19(32-10-11)16(8-24-27)34(30,31)26-20(28)25-18-14-6-2-4-12(14)17(22)13-5-3-7-15(13)18/h8,11H,2-7,9-10H2,1H3,(H,23,29)(H2,25,26,28). The van der Waals surface area contributed by atoms with Gasteiger partial charge in [0.25, 0.3) is 10.0 Å². The third-order valence-electron chi connectivity index (χ3n) is 6.34. The number of nitrogens with one attached hydrogen (secondary N) is 3. The molecule has 0 spiro atoms. The number of halogens is 1. The zero-order valence-electron chi connectivity index (χ0n) is 18.4. The van der Waals surface area contributed by atoms with Crippen molar-refractivity contribution in [3.63, 3.8) is 0 Å². The summed E-state index contributed by atoms with van der Waals surface area (Å²) in [6.07, 6.45) is 3.82. The van der Waals surface area contributed by atoms with E-state index in [4.69, 9.17) is 9.47 Å². The number of aromatic nitrogens is 2. The van der Waals surface area contributed by atoms with Gasteiger partial charge in [-0.25, -0.2) is 31.8 Å². The number of sulfonamides is 1. The molecule has 0 saturated heterocycles. The molecule has 3 N–H and O–H groups in total. The van der Waals surface area contributed by atoms with Gasteiger partial charge in [-0.2, -0.15) is 5.10 Å². The average Bonchev–Trinajstić information content (AvgIpc) is 3.55. The molecule has 34 heavy (non-hydrogen) atoms. The Bertz CT molecular complexity index is 1260. The first-order valence-electron chi connectivity index (χ1n) is 11.0. The van der Waals surface area contributed by atoms with Crippen LogP contribution in [0.1, 0.15) is 35.1 Å². The summed E-state index contributed by atoms with van der Waals surface area (Å²) >= 11 is 0. The average molecular weight is 494 g/mol. The number of fused-ring (bicyclic) bond motifs is 3. The highest BCUT2D eigenvalue weighted by Crippen LogP contribution is 2.41. The minimum atomic E-state index is -4.32. The van der Waals surface area contributed by atoms with Crippen molar-refractivity contribution in [2.45, 2.75) is 56.1 Å². The lowest BCUT2D eigenvalue weighted by molar-refractivity contribution is 0.0300. The van der Waals surface area contributed by atoms with Gasteiger partial charge in [0.05, 0.1) is 12.7 Å². The first kappa shape index (κ1) is 22.4. The maximum absolute atomic E-state index is 14.8. The molecule has 11 nitrogen and oxygen atoms in total. The molecule has 0 fully saturated rings. The number of alkyl carbamates (subject to hydrolysis) is 1. The molecule has 182 valence electrons. The minimum absolute atomic E-state index is 0.0550. The number of hydrogen-bond donors (Lipinski definition) is 3. The van der Waals surface area contributed by atoms with E-state index in [9.17, 15) is 22.4 Å². The summed E-state index contributed by atoms with van der Waals surface area (Å²) < 4.78 is 54.6. The van der Waals surface area contributed by atoms with Gasteiger partial charge in [-0.3, -0.25) is 0 Å². The SMILES string of the molecule is CNC(=O)OC1COc2c(S(=O)(=O)NC(=O)Nc3c4c(c(F)c5c3CCC5)CCC4)cnn2C1. The lowest BCUT2D eigenvalue weighted by Gasteiger charge is -2.24. The normalized spacial score (nSPS) is 18.4. The first-order chi connectivity index (χ1) is 16.3. The van der Waals surface area contributed by atoms with Crippen LogP contribution in [-0.2, 0) is 47.0 Å². The molecule has 1 unspecified atom stereocenters. The number of ether oxygens (including phenoxy) is 2. The zero-order valence-corrected chi connectivity index (χ0v) is 19.3. The molecule has 2 aromatic rings. The molecular weight excluding hydrogens is 469 g/mol. The Kier molecular flexibility index (Phi) is 5.58. The summed E-state index contributed by atoms with van der Waals surface area (Å²) in [6, 6.07) is -0.939. The number of nitrogens with zero attached hydrogens (tertiary/aromatic N) is 2. The number of anilines is 1. The van der Waals surface area contributed by atoms with E-state index in [0.29, 0.717) is 42.5 Å². The second kappa shape index (κ2) is 8.46. The molecule has 13 heteroatoms. The molecule has 5 rings (SSSR count). The Hall–Kier alpha value is -3.35. The first-order valence-corrected chi connectivity index (χ1v) is 12.5. The highest BCUT2D eigenvalue weighted by atomic mass is 32.2. The summed E-state index contributed by atoms with van der Waals surface area (Å²) in [5.74, 6) is -0.235. The molecule has 2 heterocycles. The van der Waals surface area contributed by atoms with Crippen LogP contribution in [0, 0.1) is 5.82 Å². The molecule has 0 saturated carbocycles. The fourth-order valence-electron chi connectivity index (χ4n) is 4.87. The van der Waals surface area contributed by atoms with Crippen LogP contribution in [0.2, 0.25) is 0 Å². The summed E-state index contributed by atoms with van der Waals surface area (Å²) in [4.78, 5) is 23.8. The van der Waals surface area contributed by atoms with Crippen LogP contribution < -0.4 is 20.1 Å². The third kappa shape index (κ3) is 3.83. The number of benzene rings is 1. The van der Waals surface area contributed by atoms with E-state index in [2.05, 4.69) is 15.7 Å². The molecule has 1 aromatic carbocycles. The van der Waals surface area contributed by atoms with Crippen LogP contribution in [0.15, 0.2) is 11.1 Å². The Morgan fingerprint density at radius 1 is 1.15 bits per heavy atom. The van der Waals surface area contributed by atoms with Gasteiger partial charge in [-0.05, 0) is 60.8 Å². The van der Waals surface area contributed by atoms with Crippen LogP contribution in [-0.4, -0.2) is 50.1 Å². The molecule has 0 bridgehead atoms. The zero-order chi connectivity index (χ0) is 24.0. The fourth-order valence-corrected chi connectivity index (χ4v) is 5.86. The highest BCUT2D eigenvalue weighted by Gasteiger charge is 2.34. The summed E-state index contributed by atoms with van der Waals surface area (Å²) in [7, 11) is -2.91. The van der Waals surface area contributed by atoms with Crippen molar-refractivity contribution < 1.29 is 31.9 Å². The van der Waals surface area contributed by atoms with Crippen molar-refractivity contribution in [2.75, 3.05) is 19.0 Å². The van der Waals surface area contributed by atoms with Gasteiger partial charge in [-0.15, -0.1) is 0 Å². The van der Waals surface area contributed by atoms with Crippen molar-refractivity contribution in [3.05, 3.63) is 34.3 Å². The Morgan fingerprint density at radius 2 is 1.79 bits per heavy atom. The van der Waals surface area contributed by atoms with E-state index in [-0.39, 0.29) is 29.7 Å². The lowest BCUT2D eigenvalue weighted by Crippen LogP contribution is -2.38. The lowest BCUT2D eigenvalue weighted by atomic mass is 9.98. The van der Waals surface area contributed by atoms with Crippen molar-refractivity contribution in [2.24, 2.45) is 0 Å². The molecule has 0 radical (unpaired) electrons. The van der Waals surface area contributed by atoms with Gasteiger partial charge in [-0.1, -0.05) is 0 Å². The van der Waals surface area contributed by atoms with Gasteiger partial charge < -0.3 is 20.1 Å². The Morgan fingerprint density at radius 3 is 2.44 bits per heavy atom. The van der Waals surface area contributed by atoms with Crippen molar-refractivity contribution in [3.8, 4) is 5.88 Å². The number of carbonyl (C=O) groups is 2. The van der Waals surface area contributed by atoms with Crippen molar-refractivity contribution in [1.29, 1.82) is 0 Å². The predicted molar refractivity (Wildman–Crippen MR) is 117 cm³/mol. The monoisotopic (exact) mass is 493 g/mol. The number of hydrogen-bond acceptors (Lipinski definition) is 7. The van der Waals surface area contributed by atoms with E-state index < -0.39 is 28.3 Å². The Balaban J connectivity index is 1.34. The van der Waals surface area contributed by atoms with Crippen LogP contribution in [0.25, 0.3) is 0 Å². The van der Waals surface area contributed by atoms with Crippen LogP contribution in [0.3, 0.4) is 0 Å². The van der Waals surface area contributed by atoms with Crippen LogP contribution >= 0.6 is 0 Å². The largest absolute Gasteiger partial charge is 0.473 e. The van der Waals surface area contributed by atoms with Crippen LogP contribution in [0.4, 0.5) is 19.7 Å². The summed E-state index contributed by atoms with van der Waals surface area (Å²) in [5.41, 5.74) is 3.26. The summed E-state index contributed by atoms with van der Waals surface area (Å²) in [6.45, 7) is 0.0278. The van der Waals surface area contributed by atoms with E-state index in [0.717, 1.165) is 30.2 Å². The third-order valence-corrected chi connectivity index (χ3v) is 7.66. The maximum atomic E-state index is 14.8. The topological polar surface area (TPSA) is 141 Å². The fraction of sp³-hybridized carbons (Fsp3) is 0.476. The van der Waals surface area contributed by atoms with Gasteiger partial charge in [0.15, 0.2) is 11.0 Å². The van der Waals surface area contributed by atoms with Gasteiger partial charge in [0, 0.05) is 12.7 Å². The molecule has 1 aromatic heterocycles. The second-order valence-corrected chi connectivity index (χ2v) is 10.1. The quantitative estimate of drug-likeness (QED) is 0.588. The molecule has 1 aliphatic heterocycles. The number of urea groups is 1. The number of rotatable bonds is 4. The van der Waals surface area contributed by atoms with Crippen molar-refractivity contribution >= 4 is 27.8 Å². The summed E-state index contributed by atoms with van der Waals surface area (Å²) in [5, 5.41) is 8.99. The molecule has 1 atom stereocenters. The van der Waals surface area contributed by atoms with Gasteiger partial charge >= 0.3 is 12.1 Å². The second-order valence-electron chi connectivity index (χ2n) is 8.45. The van der Waals surface area contributed by atoms with E-state index in [1.54, 1.807) is 0 Å². The maximum Gasteiger partial charge on any atom is 0.407 e.